The number of anilines is 3. The number of hydrogen-bond donors (Lipinski definition) is 3. The highest BCUT2D eigenvalue weighted by Crippen LogP contribution is 2.24. The van der Waals surface area contributed by atoms with Crippen molar-refractivity contribution in [2.75, 3.05) is 17.7 Å². The van der Waals surface area contributed by atoms with Crippen LogP contribution in [0.3, 0.4) is 0 Å². The average molecular weight is 436 g/mol. The van der Waals surface area contributed by atoms with Gasteiger partial charge in [0.05, 0.1) is 12.8 Å². The molecule has 0 saturated heterocycles. The largest absolute Gasteiger partial charge is 0.497 e. The Balaban J connectivity index is 1.33. The second-order valence-corrected chi connectivity index (χ2v) is 7.30. The topological polar surface area (TPSA) is 105 Å². The minimum absolute atomic E-state index is 0.224. The Hall–Kier alpha value is -4.72. The van der Waals surface area contributed by atoms with E-state index in [1.54, 1.807) is 50.0 Å². The Labute approximate surface area is 189 Å². The number of methoxy groups -OCH3 is 1. The van der Waals surface area contributed by atoms with Crippen molar-refractivity contribution in [2.24, 2.45) is 0 Å². The second kappa shape index (κ2) is 8.80. The van der Waals surface area contributed by atoms with Crippen LogP contribution in [0, 0.1) is 0 Å². The maximum absolute atomic E-state index is 12.7. The summed E-state index contributed by atoms with van der Waals surface area (Å²) in [6, 6.07) is 20.4. The van der Waals surface area contributed by atoms with Crippen molar-refractivity contribution in [3.05, 3.63) is 91.0 Å². The Bertz CT molecular complexity index is 1410. The molecule has 5 aromatic rings. The number of carbonyl (C=O) groups is 1. The lowest BCUT2D eigenvalue weighted by atomic mass is 10.2. The van der Waals surface area contributed by atoms with Gasteiger partial charge in [-0.25, -0.2) is 9.97 Å². The van der Waals surface area contributed by atoms with E-state index in [1.165, 1.54) is 0 Å². The van der Waals surface area contributed by atoms with E-state index in [1.807, 2.05) is 42.5 Å². The number of H-pyrrole nitrogens is 1. The number of nitrogens with one attached hydrogen (secondary N) is 3. The number of carbonyl (C=O) groups excluding carboxylic acids is 1. The number of pyridine rings is 1. The lowest BCUT2D eigenvalue weighted by Crippen LogP contribution is -2.12. The first-order chi connectivity index (χ1) is 16.2. The van der Waals surface area contributed by atoms with Gasteiger partial charge in [-0.2, -0.15) is 0 Å². The van der Waals surface area contributed by atoms with Crippen LogP contribution in [-0.4, -0.2) is 33.0 Å². The van der Waals surface area contributed by atoms with Gasteiger partial charge < -0.3 is 20.4 Å². The first-order valence-electron chi connectivity index (χ1n) is 10.3. The molecule has 0 fully saturated rings. The van der Waals surface area contributed by atoms with E-state index in [0.717, 1.165) is 33.6 Å². The minimum Gasteiger partial charge on any atom is -0.497 e. The van der Waals surface area contributed by atoms with Gasteiger partial charge in [-0.3, -0.25) is 9.78 Å². The zero-order valence-corrected chi connectivity index (χ0v) is 17.7. The zero-order chi connectivity index (χ0) is 22.6. The van der Waals surface area contributed by atoms with Gasteiger partial charge in [-0.1, -0.05) is 0 Å². The number of aromatic nitrogens is 4. The first-order valence-corrected chi connectivity index (χ1v) is 10.3. The lowest BCUT2D eigenvalue weighted by Gasteiger charge is -2.06. The monoisotopic (exact) mass is 436 g/mol. The average Bonchev–Trinajstić information content (AvgIpc) is 3.29. The number of hydrogen-bond acceptors (Lipinski definition) is 6. The van der Waals surface area contributed by atoms with Gasteiger partial charge in [-0.05, 0) is 66.7 Å². The highest BCUT2D eigenvalue weighted by atomic mass is 16.5. The SMILES string of the molecule is COc1ccc(NC(=O)c2cc3cc(Nc4nccc(-c5cccnc5)n4)ccc3[nH]2)cc1. The molecule has 0 bridgehead atoms. The summed E-state index contributed by atoms with van der Waals surface area (Å²) in [6.07, 6.45) is 5.19. The standard InChI is InChI=1S/C25H20N6O2/c1-33-20-7-4-18(5-8-20)28-24(32)23-14-17-13-19(6-9-21(17)30-23)29-25-27-12-10-22(31-25)16-3-2-11-26-15-16/h2-15,30H,1H3,(H,28,32)(H,27,29,31). The molecule has 8 nitrogen and oxygen atoms in total. The van der Waals surface area contributed by atoms with E-state index in [0.29, 0.717) is 17.3 Å². The van der Waals surface area contributed by atoms with Crippen LogP contribution in [0.25, 0.3) is 22.2 Å². The van der Waals surface area contributed by atoms with Gasteiger partial charge in [0.25, 0.3) is 5.91 Å². The molecule has 2 aromatic carbocycles. The molecule has 162 valence electrons. The zero-order valence-electron chi connectivity index (χ0n) is 17.7. The fourth-order valence-corrected chi connectivity index (χ4v) is 3.43. The van der Waals surface area contributed by atoms with Crippen LogP contribution in [-0.2, 0) is 0 Å². The van der Waals surface area contributed by atoms with Crippen molar-refractivity contribution in [2.45, 2.75) is 0 Å². The van der Waals surface area contributed by atoms with Crippen molar-refractivity contribution < 1.29 is 9.53 Å². The van der Waals surface area contributed by atoms with E-state index in [-0.39, 0.29) is 5.91 Å². The summed E-state index contributed by atoms with van der Waals surface area (Å²) in [7, 11) is 1.60. The third-order valence-corrected chi connectivity index (χ3v) is 5.08. The van der Waals surface area contributed by atoms with Crippen LogP contribution in [0.15, 0.2) is 85.3 Å². The summed E-state index contributed by atoms with van der Waals surface area (Å²) in [5, 5.41) is 7.00. The van der Waals surface area contributed by atoms with Crippen molar-refractivity contribution in [1.82, 2.24) is 19.9 Å². The van der Waals surface area contributed by atoms with E-state index in [9.17, 15) is 4.79 Å². The summed E-state index contributed by atoms with van der Waals surface area (Å²) in [4.78, 5) is 28.8. The third-order valence-electron chi connectivity index (χ3n) is 5.08. The predicted octanol–water partition coefficient (Wildman–Crippen LogP) is 5.02. The number of benzene rings is 2. The second-order valence-electron chi connectivity index (χ2n) is 7.30. The van der Waals surface area contributed by atoms with Crippen LogP contribution >= 0.6 is 0 Å². The lowest BCUT2D eigenvalue weighted by molar-refractivity contribution is 0.102. The molecular weight excluding hydrogens is 416 g/mol. The molecule has 8 heteroatoms. The van der Waals surface area contributed by atoms with Crippen LogP contribution in [0.4, 0.5) is 17.3 Å². The molecular formula is C25H20N6O2. The van der Waals surface area contributed by atoms with Crippen LogP contribution in [0.5, 0.6) is 5.75 Å². The normalized spacial score (nSPS) is 10.7. The minimum atomic E-state index is -0.224. The van der Waals surface area contributed by atoms with E-state index < -0.39 is 0 Å². The fourth-order valence-electron chi connectivity index (χ4n) is 3.43. The molecule has 33 heavy (non-hydrogen) atoms. The number of rotatable bonds is 6. The fraction of sp³-hybridized carbons (Fsp3) is 0.0400. The summed E-state index contributed by atoms with van der Waals surface area (Å²) in [5.74, 6) is 0.982. The van der Waals surface area contributed by atoms with Crippen molar-refractivity contribution >= 4 is 34.1 Å². The van der Waals surface area contributed by atoms with E-state index in [2.05, 4.69) is 30.6 Å². The van der Waals surface area contributed by atoms with Crippen LogP contribution in [0.2, 0.25) is 0 Å². The molecule has 0 aliphatic rings. The van der Waals surface area contributed by atoms with Gasteiger partial charge in [0.1, 0.15) is 11.4 Å². The summed E-state index contributed by atoms with van der Waals surface area (Å²) in [5.41, 5.74) is 4.51. The Morgan fingerprint density at radius 2 is 1.82 bits per heavy atom. The van der Waals surface area contributed by atoms with Gasteiger partial charge >= 0.3 is 0 Å². The molecule has 5 rings (SSSR count). The molecule has 0 unspecified atom stereocenters. The Morgan fingerprint density at radius 3 is 2.61 bits per heavy atom. The van der Waals surface area contributed by atoms with E-state index >= 15 is 0 Å². The number of aromatic amines is 1. The van der Waals surface area contributed by atoms with Gasteiger partial charge in [0.2, 0.25) is 5.95 Å². The molecule has 0 saturated carbocycles. The maximum atomic E-state index is 12.7. The molecule has 3 N–H and O–H groups in total. The molecule has 0 spiro atoms. The third kappa shape index (κ3) is 4.49. The smallest absolute Gasteiger partial charge is 0.272 e. The van der Waals surface area contributed by atoms with Crippen molar-refractivity contribution in [1.29, 1.82) is 0 Å². The molecule has 0 aliphatic heterocycles. The van der Waals surface area contributed by atoms with Gasteiger partial charge in [-0.15, -0.1) is 0 Å². The molecule has 0 atom stereocenters. The van der Waals surface area contributed by atoms with Crippen molar-refractivity contribution in [3.8, 4) is 17.0 Å². The number of amides is 1. The maximum Gasteiger partial charge on any atom is 0.272 e. The molecule has 1 amide bonds. The molecule has 3 aromatic heterocycles. The number of nitrogens with zero attached hydrogens (tertiary/aromatic N) is 3. The number of fused-ring (bicyclic) bond motifs is 1. The highest BCUT2D eigenvalue weighted by Gasteiger charge is 2.11. The van der Waals surface area contributed by atoms with Crippen LogP contribution < -0.4 is 15.4 Å². The molecule has 0 aliphatic carbocycles. The summed E-state index contributed by atoms with van der Waals surface area (Å²) in [6.45, 7) is 0. The van der Waals surface area contributed by atoms with Gasteiger partial charge in [0, 0.05) is 46.4 Å². The highest BCUT2D eigenvalue weighted by molar-refractivity contribution is 6.06. The Kier molecular flexibility index (Phi) is 5.38. The first kappa shape index (κ1) is 20.2. The summed E-state index contributed by atoms with van der Waals surface area (Å²) < 4.78 is 5.14. The van der Waals surface area contributed by atoms with Crippen molar-refractivity contribution in [3.63, 3.8) is 0 Å². The number of ether oxygens (including phenoxy) is 1. The molecule has 3 heterocycles. The molecule has 0 radical (unpaired) electrons. The quantitative estimate of drug-likeness (QED) is 0.345. The summed E-state index contributed by atoms with van der Waals surface area (Å²) >= 11 is 0. The van der Waals surface area contributed by atoms with Crippen LogP contribution in [0.1, 0.15) is 10.5 Å². The van der Waals surface area contributed by atoms with E-state index in [4.69, 9.17) is 4.74 Å². The van der Waals surface area contributed by atoms with Gasteiger partial charge in [0.15, 0.2) is 0 Å². The predicted molar refractivity (Wildman–Crippen MR) is 128 cm³/mol. The Morgan fingerprint density at radius 1 is 0.970 bits per heavy atom.